The van der Waals surface area contributed by atoms with Crippen molar-refractivity contribution in [1.82, 2.24) is 0 Å². The van der Waals surface area contributed by atoms with Crippen molar-refractivity contribution in [3.63, 3.8) is 0 Å². The molecule has 1 nitrogen and oxygen atoms in total. The second-order valence-corrected chi connectivity index (χ2v) is 8.98. The predicted octanol–water partition coefficient (Wildman–Crippen LogP) is 9.40. The number of unbranched alkanes of at least 4 members (excludes halogenated alkanes) is 7. The van der Waals surface area contributed by atoms with Crippen molar-refractivity contribution in [2.75, 3.05) is 0 Å². The summed E-state index contributed by atoms with van der Waals surface area (Å²) in [5.74, 6) is -0.00655. The lowest BCUT2D eigenvalue weighted by Gasteiger charge is -2.34. The monoisotopic (exact) mass is 456 g/mol. The Hall–Kier alpha value is -2.49. The Morgan fingerprint density at radius 1 is 0.848 bits per heavy atom. The van der Waals surface area contributed by atoms with Crippen LogP contribution in [0.15, 0.2) is 72.6 Å². The molecule has 2 aromatic rings. The van der Waals surface area contributed by atoms with Crippen LogP contribution in [0.25, 0.3) is 5.57 Å². The number of alkyl halides is 2. The number of rotatable bonds is 13. The first kappa shape index (κ1) is 25.1. The molecule has 0 saturated carbocycles. The summed E-state index contributed by atoms with van der Waals surface area (Å²) in [5, 5.41) is 0. The zero-order chi connectivity index (χ0) is 23.5. The van der Waals surface area contributed by atoms with Gasteiger partial charge in [-0.1, -0.05) is 113 Å². The quantitative estimate of drug-likeness (QED) is 0.273. The van der Waals surface area contributed by atoms with E-state index in [1.54, 1.807) is 24.3 Å². The molecule has 0 saturated heterocycles. The summed E-state index contributed by atoms with van der Waals surface area (Å²) >= 11 is 0. The van der Waals surface area contributed by atoms with Gasteiger partial charge in [-0.15, -0.1) is 0 Å². The van der Waals surface area contributed by atoms with Crippen LogP contribution in [0.3, 0.4) is 0 Å². The minimum absolute atomic E-state index is 0.122. The summed E-state index contributed by atoms with van der Waals surface area (Å²) in [6.07, 6.45) is 14.8. The Balaban J connectivity index is 1.72. The van der Waals surface area contributed by atoms with Gasteiger partial charge < -0.3 is 4.74 Å². The molecule has 0 bridgehead atoms. The summed E-state index contributed by atoms with van der Waals surface area (Å²) in [5.41, 5.74) is 1.95. The molecule has 0 radical (unpaired) electrons. The molecule has 1 aliphatic carbocycles. The third-order valence-electron chi connectivity index (χ3n) is 6.55. The van der Waals surface area contributed by atoms with Crippen molar-refractivity contribution in [1.29, 1.82) is 0 Å². The van der Waals surface area contributed by atoms with E-state index < -0.39 is 12.0 Å². The molecule has 1 unspecified atom stereocenters. The van der Waals surface area contributed by atoms with Crippen LogP contribution < -0.4 is 4.74 Å². The smallest absolute Gasteiger partial charge is 0.387 e. The summed E-state index contributed by atoms with van der Waals surface area (Å²) in [6.45, 7) is -0.634. The Morgan fingerprint density at radius 2 is 1.48 bits per heavy atom. The molecule has 0 heterocycles. The highest BCUT2D eigenvalue weighted by Gasteiger charge is 2.34. The highest BCUT2D eigenvalue weighted by molar-refractivity contribution is 5.77. The maximum Gasteiger partial charge on any atom is 0.387 e. The molecule has 0 aliphatic heterocycles. The van der Waals surface area contributed by atoms with E-state index in [1.165, 1.54) is 38.5 Å². The zero-order valence-electron chi connectivity index (χ0n) is 19.5. The molecular weight excluding hydrogens is 421 g/mol. The molecule has 0 aromatic heterocycles. The zero-order valence-corrected chi connectivity index (χ0v) is 19.5. The fourth-order valence-electron chi connectivity index (χ4n) is 4.69. The molecule has 1 aliphatic rings. The largest absolute Gasteiger partial charge is 0.435 e. The second-order valence-electron chi connectivity index (χ2n) is 8.98. The van der Waals surface area contributed by atoms with Crippen molar-refractivity contribution in [2.24, 2.45) is 0 Å². The summed E-state index contributed by atoms with van der Waals surface area (Å²) in [7, 11) is 0. The molecule has 33 heavy (non-hydrogen) atoms. The first-order valence-electron chi connectivity index (χ1n) is 12.2. The van der Waals surface area contributed by atoms with Crippen LogP contribution >= 0.6 is 0 Å². The topological polar surface area (TPSA) is 9.23 Å². The second kappa shape index (κ2) is 12.7. The lowest BCUT2D eigenvalue weighted by Crippen LogP contribution is -2.26. The molecule has 0 fully saturated rings. The van der Waals surface area contributed by atoms with Crippen LogP contribution in [-0.4, -0.2) is 6.61 Å². The van der Waals surface area contributed by atoms with E-state index >= 15 is 4.39 Å². The molecule has 4 heteroatoms. The SMILES string of the molecule is CCCCCCCCCCC1(c2ccc(OC(F)F)cc2)C=CC(c2ccccc2)=C(F)C1. The fourth-order valence-corrected chi connectivity index (χ4v) is 4.69. The van der Waals surface area contributed by atoms with Crippen LogP contribution in [0.4, 0.5) is 13.2 Å². The van der Waals surface area contributed by atoms with Crippen LogP contribution in [0, 0.1) is 0 Å². The van der Waals surface area contributed by atoms with E-state index in [0.717, 1.165) is 30.4 Å². The minimum atomic E-state index is -2.86. The minimum Gasteiger partial charge on any atom is -0.435 e. The maximum absolute atomic E-state index is 15.4. The van der Waals surface area contributed by atoms with Gasteiger partial charge in [-0.05, 0) is 29.7 Å². The van der Waals surface area contributed by atoms with Crippen LogP contribution in [-0.2, 0) is 5.41 Å². The number of benzene rings is 2. The van der Waals surface area contributed by atoms with E-state index in [4.69, 9.17) is 0 Å². The standard InChI is InChI=1S/C29H35F3O/c1-2-3-4-5-6-7-8-12-20-29(24-15-17-25(18-16-24)33-28(31)32)21-19-26(27(30)22-29)23-13-10-9-11-14-23/h9-11,13-19,21,28H,2-8,12,20,22H2,1H3. The van der Waals surface area contributed by atoms with Gasteiger partial charge in [-0.25, -0.2) is 4.39 Å². The van der Waals surface area contributed by atoms with Crippen molar-refractivity contribution >= 4 is 5.57 Å². The molecule has 0 spiro atoms. The van der Waals surface area contributed by atoms with Crippen molar-refractivity contribution in [2.45, 2.75) is 83.2 Å². The third kappa shape index (κ3) is 7.25. The van der Waals surface area contributed by atoms with E-state index in [0.29, 0.717) is 5.57 Å². The molecule has 0 amide bonds. The van der Waals surface area contributed by atoms with Gasteiger partial charge in [0, 0.05) is 17.4 Å². The van der Waals surface area contributed by atoms with Gasteiger partial charge in [0.15, 0.2) is 0 Å². The van der Waals surface area contributed by atoms with Crippen LogP contribution in [0.2, 0.25) is 0 Å². The van der Waals surface area contributed by atoms with E-state index in [2.05, 4.69) is 17.7 Å². The van der Waals surface area contributed by atoms with E-state index in [-0.39, 0.29) is 18.0 Å². The highest BCUT2D eigenvalue weighted by atomic mass is 19.3. The predicted molar refractivity (Wildman–Crippen MR) is 130 cm³/mol. The van der Waals surface area contributed by atoms with Crippen LogP contribution in [0.5, 0.6) is 5.75 Å². The van der Waals surface area contributed by atoms with Gasteiger partial charge in [0.25, 0.3) is 0 Å². The molecule has 0 N–H and O–H groups in total. The lowest BCUT2D eigenvalue weighted by atomic mass is 9.70. The summed E-state index contributed by atoms with van der Waals surface area (Å²) in [6, 6.07) is 16.3. The molecule has 178 valence electrons. The number of hydrogen-bond donors (Lipinski definition) is 0. The summed E-state index contributed by atoms with van der Waals surface area (Å²) in [4.78, 5) is 0. The number of ether oxygens (including phenoxy) is 1. The van der Waals surface area contributed by atoms with Crippen molar-refractivity contribution in [3.05, 3.63) is 83.7 Å². The van der Waals surface area contributed by atoms with Gasteiger partial charge in [-0.3, -0.25) is 0 Å². The first-order chi connectivity index (χ1) is 16.0. The highest BCUT2D eigenvalue weighted by Crippen LogP contribution is 2.44. The average molecular weight is 457 g/mol. The number of halogens is 3. The maximum atomic E-state index is 15.4. The van der Waals surface area contributed by atoms with E-state index in [1.807, 2.05) is 36.4 Å². The molecule has 3 rings (SSSR count). The third-order valence-corrected chi connectivity index (χ3v) is 6.55. The Labute approximate surface area is 196 Å². The van der Waals surface area contributed by atoms with Gasteiger partial charge in [-0.2, -0.15) is 8.78 Å². The summed E-state index contributed by atoms with van der Waals surface area (Å²) < 4.78 is 45.0. The number of allylic oxidation sites excluding steroid dienone is 4. The lowest BCUT2D eigenvalue weighted by molar-refractivity contribution is -0.0498. The van der Waals surface area contributed by atoms with Crippen molar-refractivity contribution < 1.29 is 17.9 Å². The Morgan fingerprint density at radius 3 is 2.09 bits per heavy atom. The Kier molecular flexibility index (Phi) is 9.65. The normalized spacial score (nSPS) is 18.2. The van der Waals surface area contributed by atoms with Gasteiger partial charge >= 0.3 is 6.61 Å². The first-order valence-corrected chi connectivity index (χ1v) is 12.2. The van der Waals surface area contributed by atoms with Gasteiger partial charge in [0.05, 0.1) is 0 Å². The Bertz CT molecular complexity index is 902. The van der Waals surface area contributed by atoms with Crippen LogP contribution in [0.1, 0.15) is 82.3 Å². The van der Waals surface area contributed by atoms with Gasteiger partial charge in [0.2, 0.25) is 0 Å². The average Bonchev–Trinajstić information content (AvgIpc) is 2.81. The molecule has 2 aromatic carbocycles. The van der Waals surface area contributed by atoms with E-state index in [9.17, 15) is 8.78 Å². The molecular formula is C29H35F3O. The van der Waals surface area contributed by atoms with Crippen molar-refractivity contribution in [3.8, 4) is 5.75 Å². The fraction of sp³-hybridized carbons (Fsp3) is 0.448. The number of hydrogen-bond acceptors (Lipinski definition) is 1. The molecule has 1 atom stereocenters. The van der Waals surface area contributed by atoms with Gasteiger partial charge in [0.1, 0.15) is 11.6 Å².